The molecule has 1 saturated carbocycles. The zero-order valence-corrected chi connectivity index (χ0v) is 14.8. The third kappa shape index (κ3) is 2.10. The van der Waals surface area contributed by atoms with Gasteiger partial charge in [0.25, 0.3) is 0 Å². The maximum absolute atomic E-state index is 12.7. The number of fused-ring (bicyclic) bond motifs is 2. The number of benzene rings is 1. The third-order valence-electron chi connectivity index (χ3n) is 5.48. The first kappa shape index (κ1) is 15.9. The number of carbonyl (C=O) groups excluding carboxylic acids is 1. The van der Waals surface area contributed by atoms with E-state index in [1.54, 1.807) is 4.68 Å². The molecule has 1 aromatic carbocycles. The van der Waals surface area contributed by atoms with E-state index in [4.69, 9.17) is 17.3 Å². The number of rotatable bonds is 3. The first-order chi connectivity index (χ1) is 11.3. The molecule has 0 spiro atoms. The highest BCUT2D eigenvalue weighted by Crippen LogP contribution is 2.51. The van der Waals surface area contributed by atoms with E-state index >= 15 is 0 Å². The van der Waals surface area contributed by atoms with Crippen molar-refractivity contribution in [2.75, 3.05) is 13.1 Å². The second kappa shape index (κ2) is 4.94. The molecule has 128 valence electrons. The Hall–Kier alpha value is -1.63. The van der Waals surface area contributed by atoms with E-state index in [0.717, 1.165) is 23.1 Å². The van der Waals surface area contributed by atoms with E-state index in [1.165, 1.54) is 0 Å². The predicted octanol–water partition coefficient (Wildman–Crippen LogP) is 1.12. The Morgan fingerprint density at radius 1 is 1.54 bits per heavy atom. The van der Waals surface area contributed by atoms with Crippen molar-refractivity contribution in [3.8, 4) is 0 Å². The first-order valence-electron chi connectivity index (χ1n) is 8.19. The molecule has 1 aliphatic heterocycles. The van der Waals surface area contributed by atoms with Crippen LogP contribution in [0.25, 0.3) is 10.9 Å². The quantitative estimate of drug-likeness (QED) is 0.777. The van der Waals surface area contributed by atoms with Gasteiger partial charge in [0, 0.05) is 37.0 Å². The molecule has 0 radical (unpaired) electrons. The first-order valence-corrected chi connectivity index (χ1v) is 8.57. The summed E-state index contributed by atoms with van der Waals surface area (Å²) >= 11 is 6.30. The van der Waals surface area contributed by atoms with Crippen LogP contribution in [0.3, 0.4) is 0 Å². The molecule has 4 N–H and O–H groups in total. The average molecular weight is 348 g/mol. The summed E-state index contributed by atoms with van der Waals surface area (Å²) in [6, 6.07) is 5.73. The van der Waals surface area contributed by atoms with Crippen LogP contribution in [0.4, 0.5) is 0 Å². The van der Waals surface area contributed by atoms with Crippen molar-refractivity contribution in [2.45, 2.75) is 24.9 Å². The van der Waals surface area contributed by atoms with Gasteiger partial charge in [-0.1, -0.05) is 23.7 Å². The fourth-order valence-corrected chi connectivity index (χ4v) is 4.45. The number of para-hydroxylation sites is 1. The molecule has 3 atom stereocenters. The molecule has 1 amide bonds. The largest absolute Gasteiger partial charge is 0.345 e. The Morgan fingerprint density at radius 3 is 2.96 bits per heavy atom. The molecule has 2 heterocycles. The molecule has 6 nitrogen and oxygen atoms in total. The summed E-state index contributed by atoms with van der Waals surface area (Å²) in [6.07, 6.45) is 0. The Balaban J connectivity index is 1.64. The number of amides is 1. The maximum Gasteiger partial charge on any atom is 0.226 e. The van der Waals surface area contributed by atoms with Crippen LogP contribution in [0, 0.1) is 11.8 Å². The molecule has 2 fully saturated rings. The minimum Gasteiger partial charge on any atom is -0.345 e. The number of hydrogen-bond donors (Lipinski definition) is 3. The maximum atomic E-state index is 12.7. The number of nitrogens with two attached hydrogens (primary N) is 1. The number of nitrogens with zero attached hydrogens (tertiary/aromatic N) is 2. The fourth-order valence-electron chi connectivity index (χ4n) is 4.16. The molecular formula is C17H22ClN5O. The van der Waals surface area contributed by atoms with Gasteiger partial charge in [0.2, 0.25) is 5.91 Å². The molecular weight excluding hydrogens is 326 g/mol. The van der Waals surface area contributed by atoms with Gasteiger partial charge in [0.05, 0.1) is 27.7 Å². The second-order valence-corrected chi connectivity index (χ2v) is 7.96. The number of aromatic nitrogens is 2. The van der Waals surface area contributed by atoms with E-state index < -0.39 is 5.54 Å². The Kier molecular flexibility index (Phi) is 3.27. The van der Waals surface area contributed by atoms with Crippen molar-refractivity contribution < 1.29 is 4.79 Å². The van der Waals surface area contributed by atoms with Gasteiger partial charge in [0.1, 0.15) is 0 Å². The Labute approximate surface area is 145 Å². The monoisotopic (exact) mass is 347 g/mol. The zero-order chi connectivity index (χ0) is 17.3. The van der Waals surface area contributed by atoms with Crippen molar-refractivity contribution >= 4 is 28.4 Å². The van der Waals surface area contributed by atoms with Crippen LogP contribution >= 0.6 is 11.6 Å². The Bertz CT molecular complexity index is 845. The highest BCUT2D eigenvalue weighted by atomic mass is 35.5. The van der Waals surface area contributed by atoms with Crippen LogP contribution in [-0.4, -0.2) is 34.3 Å². The lowest BCUT2D eigenvalue weighted by Crippen LogP contribution is -2.46. The fraction of sp³-hybridized carbons (Fsp3) is 0.529. The van der Waals surface area contributed by atoms with Crippen LogP contribution in [-0.2, 0) is 17.4 Å². The van der Waals surface area contributed by atoms with E-state index in [1.807, 2.05) is 39.1 Å². The van der Waals surface area contributed by atoms with Crippen molar-refractivity contribution in [1.29, 1.82) is 0 Å². The van der Waals surface area contributed by atoms with Gasteiger partial charge in [0.15, 0.2) is 0 Å². The van der Waals surface area contributed by atoms with Gasteiger partial charge in [-0.15, -0.1) is 0 Å². The SMILES string of the molecule is Cn1nc(C(C)(C)NC(=O)C2C3CNCC32N)c2cccc(Cl)c21. The summed E-state index contributed by atoms with van der Waals surface area (Å²) < 4.78 is 1.76. The summed E-state index contributed by atoms with van der Waals surface area (Å²) in [5, 5.41) is 12.6. The zero-order valence-electron chi connectivity index (χ0n) is 14.1. The minimum absolute atomic E-state index is 0.00910. The summed E-state index contributed by atoms with van der Waals surface area (Å²) in [6.45, 7) is 5.45. The minimum atomic E-state index is -0.609. The molecule has 24 heavy (non-hydrogen) atoms. The van der Waals surface area contributed by atoms with E-state index in [2.05, 4.69) is 15.7 Å². The molecule has 2 aliphatic rings. The average Bonchev–Trinajstić information content (AvgIpc) is 2.79. The molecule has 1 aromatic heterocycles. The molecule has 1 saturated heterocycles. The number of nitrogens with one attached hydrogen (secondary N) is 2. The highest BCUT2D eigenvalue weighted by Gasteiger charge is 2.68. The normalized spacial score (nSPS) is 28.9. The highest BCUT2D eigenvalue weighted by molar-refractivity contribution is 6.35. The molecule has 2 aromatic rings. The predicted molar refractivity (Wildman–Crippen MR) is 93.7 cm³/mol. The number of hydrogen-bond acceptors (Lipinski definition) is 4. The van der Waals surface area contributed by atoms with Crippen molar-refractivity contribution in [1.82, 2.24) is 20.4 Å². The molecule has 3 unspecified atom stereocenters. The van der Waals surface area contributed by atoms with Crippen molar-refractivity contribution in [3.63, 3.8) is 0 Å². The van der Waals surface area contributed by atoms with Gasteiger partial charge in [-0.05, 0) is 19.9 Å². The Morgan fingerprint density at radius 2 is 2.29 bits per heavy atom. The van der Waals surface area contributed by atoms with Crippen LogP contribution in [0.15, 0.2) is 18.2 Å². The summed E-state index contributed by atoms with van der Waals surface area (Å²) in [4.78, 5) is 12.7. The lowest BCUT2D eigenvalue weighted by molar-refractivity contribution is -0.124. The van der Waals surface area contributed by atoms with E-state index in [0.29, 0.717) is 11.6 Å². The van der Waals surface area contributed by atoms with Crippen molar-refractivity contribution in [3.05, 3.63) is 28.9 Å². The number of halogens is 1. The van der Waals surface area contributed by atoms with Gasteiger partial charge < -0.3 is 16.4 Å². The lowest BCUT2D eigenvalue weighted by atomic mass is 9.96. The standard InChI is InChI=1S/C17H22ClN5O/c1-16(2,21-15(24)12-10-7-20-8-17(10,12)19)14-9-5-4-6-11(18)13(9)23(3)22-14/h4-6,10,12,20H,7-8,19H2,1-3H3,(H,21,24). The van der Waals surface area contributed by atoms with E-state index in [-0.39, 0.29) is 23.3 Å². The molecule has 0 bridgehead atoms. The molecule has 4 rings (SSSR count). The molecule has 1 aliphatic carbocycles. The lowest BCUT2D eigenvalue weighted by Gasteiger charge is -2.26. The smallest absolute Gasteiger partial charge is 0.226 e. The van der Waals surface area contributed by atoms with Crippen LogP contribution in [0.2, 0.25) is 5.02 Å². The van der Waals surface area contributed by atoms with Gasteiger partial charge in [-0.25, -0.2) is 0 Å². The van der Waals surface area contributed by atoms with Gasteiger partial charge >= 0.3 is 0 Å². The van der Waals surface area contributed by atoms with Crippen LogP contribution in [0.5, 0.6) is 0 Å². The van der Waals surface area contributed by atoms with Gasteiger partial charge in [-0.3, -0.25) is 9.48 Å². The number of carbonyl (C=O) groups is 1. The van der Waals surface area contributed by atoms with Crippen molar-refractivity contribution in [2.24, 2.45) is 24.6 Å². The topological polar surface area (TPSA) is 85.0 Å². The third-order valence-corrected chi connectivity index (χ3v) is 5.79. The van der Waals surface area contributed by atoms with E-state index in [9.17, 15) is 4.79 Å². The second-order valence-electron chi connectivity index (χ2n) is 7.55. The number of aryl methyl sites for hydroxylation is 1. The summed E-state index contributed by atoms with van der Waals surface area (Å²) in [5.41, 5.74) is 7.01. The van der Waals surface area contributed by atoms with Crippen LogP contribution in [0.1, 0.15) is 19.5 Å². The van der Waals surface area contributed by atoms with Crippen LogP contribution < -0.4 is 16.4 Å². The molecule has 7 heteroatoms. The summed E-state index contributed by atoms with van der Waals surface area (Å²) in [5.74, 6) is 0.134. The summed E-state index contributed by atoms with van der Waals surface area (Å²) in [7, 11) is 1.86. The van der Waals surface area contributed by atoms with Gasteiger partial charge in [-0.2, -0.15) is 5.10 Å². The number of piperidine rings is 1.